The molecule has 0 aliphatic heterocycles. The maximum atomic E-state index is 13.7. The average molecular weight is 319 g/mol. The molecule has 1 aromatic carbocycles. The Morgan fingerprint density at radius 3 is 2.62 bits per heavy atom. The summed E-state index contributed by atoms with van der Waals surface area (Å²) in [7, 11) is -2.27. The van der Waals surface area contributed by atoms with Crippen LogP contribution in [0.1, 0.15) is 12.5 Å². The highest BCUT2D eigenvalue weighted by molar-refractivity contribution is 7.92. The Balaban J connectivity index is 3.00. The first kappa shape index (κ1) is 17.7. The average Bonchev–Trinajstić information content (AvgIpc) is 2.44. The van der Waals surface area contributed by atoms with Crippen LogP contribution in [-0.4, -0.2) is 39.0 Å². The number of halogens is 2. The fourth-order valence-corrected chi connectivity index (χ4v) is 2.60. The molecule has 0 saturated carbocycles. The van der Waals surface area contributed by atoms with Gasteiger partial charge in [0.15, 0.2) is 0 Å². The first-order valence-electron chi connectivity index (χ1n) is 6.44. The monoisotopic (exact) mass is 319 g/mol. The highest BCUT2D eigenvalue weighted by Gasteiger charge is 2.25. The summed E-state index contributed by atoms with van der Waals surface area (Å²) in [5, 5.41) is 0.826. The van der Waals surface area contributed by atoms with Gasteiger partial charge in [0.25, 0.3) is 0 Å². The summed E-state index contributed by atoms with van der Waals surface area (Å²) in [5.41, 5.74) is 0.229. The second kappa shape index (κ2) is 7.63. The Morgan fingerprint density at radius 2 is 2.10 bits per heavy atom. The summed E-state index contributed by atoms with van der Waals surface area (Å²) >= 11 is 0. The minimum Gasteiger partial charge on any atom is -0.380 e. The maximum Gasteiger partial charge on any atom is 0.235 e. The molecular formula is C14H19F2NO3S. The van der Waals surface area contributed by atoms with Gasteiger partial charge in [0, 0.05) is 25.1 Å². The summed E-state index contributed by atoms with van der Waals surface area (Å²) in [6.45, 7) is 5.55. The van der Waals surface area contributed by atoms with Crippen molar-refractivity contribution in [3.8, 4) is 0 Å². The number of nitrogens with zero attached hydrogens (tertiary/aromatic N) is 1. The van der Waals surface area contributed by atoms with Crippen molar-refractivity contribution >= 4 is 10.0 Å². The van der Waals surface area contributed by atoms with E-state index < -0.39 is 27.7 Å². The van der Waals surface area contributed by atoms with Crippen molar-refractivity contribution in [2.75, 3.05) is 20.3 Å². The van der Waals surface area contributed by atoms with Gasteiger partial charge in [0.2, 0.25) is 10.0 Å². The maximum absolute atomic E-state index is 13.7. The molecule has 0 bridgehead atoms. The number of hydrogen-bond acceptors (Lipinski definition) is 3. The van der Waals surface area contributed by atoms with Gasteiger partial charge >= 0.3 is 0 Å². The van der Waals surface area contributed by atoms with Crippen molar-refractivity contribution in [2.45, 2.75) is 19.4 Å². The Labute approximate surface area is 124 Å². The summed E-state index contributed by atoms with van der Waals surface area (Å²) in [6, 6.07) is 2.61. The third kappa shape index (κ3) is 4.87. The highest BCUT2D eigenvalue weighted by atomic mass is 32.2. The van der Waals surface area contributed by atoms with E-state index in [4.69, 9.17) is 4.74 Å². The molecule has 7 heteroatoms. The standard InChI is InChI=1S/C14H19F2NO3S/c1-4-20-10-13(17(3)21(18,19)5-2)8-11-6-7-12(15)9-14(11)16/h5-7,9,13H,2,4,8,10H2,1,3H3. The molecule has 1 atom stereocenters. The van der Waals surface area contributed by atoms with Gasteiger partial charge in [0.05, 0.1) is 12.6 Å². The van der Waals surface area contributed by atoms with E-state index in [0.29, 0.717) is 6.61 Å². The van der Waals surface area contributed by atoms with Gasteiger partial charge in [-0.3, -0.25) is 0 Å². The molecule has 21 heavy (non-hydrogen) atoms. The lowest BCUT2D eigenvalue weighted by atomic mass is 10.1. The van der Waals surface area contributed by atoms with Gasteiger partial charge in [-0.1, -0.05) is 12.6 Å². The fourth-order valence-electron chi connectivity index (χ4n) is 1.81. The smallest absolute Gasteiger partial charge is 0.235 e. The zero-order valence-electron chi connectivity index (χ0n) is 12.1. The Kier molecular flexibility index (Phi) is 6.44. The van der Waals surface area contributed by atoms with Crippen molar-refractivity contribution in [2.24, 2.45) is 0 Å². The van der Waals surface area contributed by atoms with Crippen LogP contribution in [0, 0.1) is 11.6 Å². The molecule has 0 saturated heterocycles. The summed E-state index contributed by atoms with van der Waals surface area (Å²) in [6.07, 6.45) is 0.0791. The van der Waals surface area contributed by atoms with Gasteiger partial charge in [-0.25, -0.2) is 17.2 Å². The molecule has 0 aromatic heterocycles. The SMILES string of the molecule is C=CS(=O)(=O)N(C)C(COCC)Cc1ccc(F)cc1F. The number of hydrogen-bond donors (Lipinski definition) is 0. The van der Waals surface area contributed by atoms with Crippen LogP contribution in [-0.2, 0) is 21.2 Å². The van der Waals surface area contributed by atoms with E-state index in [-0.39, 0.29) is 18.6 Å². The van der Waals surface area contributed by atoms with E-state index in [1.165, 1.54) is 13.1 Å². The van der Waals surface area contributed by atoms with Crippen LogP contribution >= 0.6 is 0 Å². The van der Waals surface area contributed by atoms with E-state index in [9.17, 15) is 17.2 Å². The topological polar surface area (TPSA) is 46.6 Å². The highest BCUT2D eigenvalue weighted by Crippen LogP contribution is 2.16. The molecular weight excluding hydrogens is 300 g/mol. The molecule has 1 rings (SSSR count). The second-order valence-electron chi connectivity index (χ2n) is 4.48. The number of rotatable bonds is 8. The number of likely N-dealkylation sites (N-methyl/N-ethyl adjacent to an activating group) is 1. The molecule has 0 spiro atoms. The van der Waals surface area contributed by atoms with E-state index in [1.807, 2.05) is 0 Å². The zero-order valence-corrected chi connectivity index (χ0v) is 12.9. The Bertz CT molecular complexity index is 590. The molecule has 0 radical (unpaired) electrons. The summed E-state index contributed by atoms with van der Waals surface area (Å²) in [5.74, 6) is -1.38. The fraction of sp³-hybridized carbons (Fsp3) is 0.429. The lowest BCUT2D eigenvalue weighted by Crippen LogP contribution is -2.40. The van der Waals surface area contributed by atoms with Crippen LogP contribution in [0.4, 0.5) is 8.78 Å². The molecule has 0 fully saturated rings. The molecule has 0 aliphatic rings. The summed E-state index contributed by atoms with van der Waals surface area (Å²) in [4.78, 5) is 0. The molecule has 0 N–H and O–H groups in total. The second-order valence-corrected chi connectivity index (χ2v) is 6.42. The van der Waals surface area contributed by atoms with Crippen LogP contribution in [0.25, 0.3) is 0 Å². The quantitative estimate of drug-likeness (QED) is 0.739. The molecule has 1 unspecified atom stereocenters. The minimum absolute atomic E-state index is 0.0791. The Hall–Kier alpha value is -1.31. The predicted molar refractivity (Wildman–Crippen MR) is 77.2 cm³/mol. The van der Waals surface area contributed by atoms with E-state index in [2.05, 4.69) is 6.58 Å². The Morgan fingerprint density at radius 1 is 1.43 bits per heavy atom. The van der Waals surface area contributed by atoms with E-state index >= 15 is 0 Å². The molecule has 0 heterocycles. The first-order chi connectivity index (χ1) is 9.81. The number of sulfonamides is 1. The van der Waals surface area contributed by atoms with E-state index in [0.717, 1.165) is 21.8 Å². The number of ether oxygens (including phenoxy) is 1. The number of benzene rings is 1. The van der Waals surface area contributed by atoms with Crippen molar-refractivity contribution < 1.29 is 21.9 Å². The van der Waals surface area contributed by atoms with Crippen LogP contribution < -0.4 is 0 Å². The molecule has 0 amide bonds. The van der Waals surface area contributed by atoms with Crippen molar-refractivity contribution in [1.82, 2.24) is 4.31 Å². The molecule has 0 aliphatic carbocycles. The van der Waals surface area contributed by atoms with Gasteiger partial charge in [-0.15, -0.1) is 0 Å². The van der Waals surface area contributed by atoms with Crippen LogP contribution in [0.2, 0.25) is 0 Å². The van der Waals surface area contributed by atoms with Crippen LogP contribution in [0.15, 0.2) is 30.2 Å². The van der Waals surface area contributed by atoms with Gasteiger partial charge in [-0.2, -0.15) is 4.31 Å². The summed E-state index contributed by atoms with van der Waals surface area (Å²) < 4.78 is 56.6. The van der Waals surface area contributed by atoms with Crippen molar-refractivity contribution in [3.05, 3.63) is 47.4 Å². The van der Waals surface area contributed by atoms with E-state index in [1.54, 1.807) is 6.92 Å². The van der Waals surface area contributed by atoms with Gasteiger partial charge in [0.1, 0.15) is 11.6 Å². The third-order valence-electron chi connectivity index (χ3n) is 3.11. The zero-order chi connectivity index (χ0) is 16.0. The largest absolute Gasteiger partial charge is 0.380 e. The minimum atomic E-state index is -3.65. The van der Waals surface area contributed by atoms with Crippen LogP contribution in [0.3, 0.4) is 0 Å². The molecule has 118 valence electrons. The first-order valence-corrected chi connectivity index (χ1v) is 7.94. The van der Waals surface area contributed by atoms with Crippen LogP contribution in [0.5, 0.6) is 0 Å². The van der Waals surface area contributed by atoms with Crippen molar-refractivity contribution in [1.29, 1.82) is 0 Å². The molecule has 1 aromatic rings. The van der Waals surface area contributed by atoms with Crippen molar-refractivity contribution in [3.63, 3.8) is 0 Å². The van der Waals surface area contributed by atoms with Gasteiger partial charge in [-0.05, 0) is 25.0 Å². The van der Waals surface area contributed by atoms with Gasteiger partial charge < -0.3 is 4.74 Å². The lowest BCUT2D eigenvalue weighted by molar-refractivity contribution is 0.104. The normalized spacial score (nSPS) is 13.4. The third-order valence-corrected chi connectivity index (χ3v) is 4.63. The lowest BCUT2D eigenvalue weighted by Gasteiger charge is -2.26. The molecule has 4 nitrogen and oxygen atoms in total. The predicted octanol–water partition coefficient (Wildman–Crippen LogP) is 2.32.